The summed E-state index contributed by atoms with van der Waals surface area (Å²) in [6, 6.07) is 5.77. The predicted octanol–water partition coefficient (Wildman–Crippen LogP) is 4.49. The summed E-state index contributed by atoms with van der Waals surface area (Å²) >= 11 is 0. The Balaban J connectivity index is 1.63. The number of hydrogen-bond acceptors (Lipinski definition) is 4. The van der Waals surface area contributed by atoms with E-state index in [2.05, 4.69) is 31.2 Å². The number of amides is 1. The molecule has 6 nitrogen and oxygen atoms in total. The third-order valence-corrected chi connectivity index (χ3v) is 5.15. The first-order valence-corrected chi connectivity index (χ1v) is 10.1. The van der Waals surface area contributed by atoms with Gasteiger partial charge in [-0.1, -0.05) is 0 Å². The molecule has 1 aliphatic carbocycles. The average Bonchev–Trinajstić information content (AvgIpc) is 3.23. The van der Waals surface area contributed by atoms with Crippen LogP contribution in [0.3, 0.4) is 0 Å². The predicted molar refractivity (Wildman–Crippen MR) is 109 cm³/mol. The Labute approximate surface area is 166 Å². The molecular weight excluding hydrogens is 354 g/mol. The van der Waals surface area contributed by atoms with Crippen molar-refractivity contribution in [1.82, 2.24) is 9.78 Å². The third kappa shape index (κ3) is 3.60. The Morgan fingerprint density at radius 1 is 1.32 bits per heavy atom. The maximum atomic E-state index is 13.0. The van der Waals surface area contributed by atoms with E-state index < -0.39 is 0 Å². The van der Waals surface area contributed by atoms with E-state index in [9.17, 15) is 4.79 Å². The molecule has 0 spiro atoms. The van der Waals surface area contributed by atoms with Crippen molar-refractivity contribution in [3.63, 3.8) is 0 Å². The number of hydrogen-bond donors (Lipinski definition) is 1. The molecule has 1 amide bonds. The van der Waals surface area contributed by atoms with E-state index >= 15 is 0 Å². The average molecular weight is 383 g/mol. The minimum atomic E-state index is -0.225. The molecule has 1 fully saturated rings. The maximum absolute atomic E-state index is 13.0. The summed E-state index contributed by atoms with van der Waals surface area (Å²) in [6.07, 6.45) is 3.32. The molecule has 0 saturated heterocycles. The Hall–Kier alpha value is -2.50. The largest absolute Gasteiger partial charge is 0.492 e. The summed E-state index contributed by atoms with van der Waals surface area (Å²) in [6.45, 7) is 10.8. The van der Waals surface area contributed by atoms with Crippen molar-refractivity contribution in [2.75, 3.05) is 11.9 Å². The van der Waals surface area contributed by atoms with Gasteiger partial charge in [0.25, 0.3) is 5.91 Å². The first-order chi connectivity index (χ1) is 13.3. The van der Waals surface area contributed by atoms with E-state index in [1.54, 1.807) is 0 Å². The van der Waals surface area contributed by atoms with Crippen molar-refractivity contribution < 1.29 is 14.3 Å². The van der Waals surface area contributed by atoms with Gasteiger partial charge in [-0.3, -0.25) is 9.48 Å². The summed E-state index contributed by atoms with van der Waals surface area (Å²) in [5.74, 6) is 1.77. The highest BCUT2D eigenvalue weighted by atomic mass is 16.5. The number of ether oxygens (including phenoxy) is 2. The lowest BCUT2D eigenvalue weighted by Crippen LogP contribution is -2.25. The lowest BCUT2D eigenvalue weighted by atomic mass is 10.1. The quantitative estimate of drug-likeness (QED) is 0.826. The second-order valence-electron chi connectivity index (χ2n) is 8.79. The molecule has 1 atom stereocenters. The van der Waals surface area contributed by atoms with Gasteiger partial charge in [0.15, 0.2) is 5.69 Å². The monoisotopic (exact) mass is 383 g/mol. The third-order valence-electron chi connectivity index (χ3n) is 5.15. The molecule has 1 aromatic carbocycles. The van der Waals surface area contributed by atoms with Crippen LogP contribution in [0.5, 0.6) is 11.5 Å². The second kappa shape index (κ2) is 6.83. The number of nitrogens with zero attached hydrogens (tertiary/aromatic N) is 2. The maximum Gasteiger partial charge on any atom is 0.276 e. The van der Waals surface area contributed by atoms with Crippen molar-refractivity contribution in [2.45, 2.75) is 71.4 Å². The smallest absolute Gasteiger partial charge is 0.276 e. The lowest BCUT2D eigenvalue weighted by molar-refractivity contribution is 0.102. The highest BCUT2D eigenvalue weighted by molar-refractivity contribution is 6.04. The first-order valence-electron chi connectivity index (χ1n) is 10.1. The topological polar surface area (TPSA) is 65.4 Å². The number of anilines is 1. The van der Waals surface area contributed by atoms with Crippen LogP contribution in [-0.2, 0) is 12.0 Å². The SMILES string of the molecule is CCOc1cc2c(cc1NC(=O)c1cc(C3CC3)n(C(C)(C)C)n1)OC(C)C2. The number of carbonyl (C=O) groups is 1. The highest BCUT2D eigenvalue weighted by Crippen LogP contribution is 2.42. The Kier molecular flexibility index (Phi) is 4.60. The summed E-state index contributed by atoms with van der Waals surface area (Å²) in [5.41, 5.74) is 3.16. The van der Waals surface area contributed by atoms with Crippen LogP contribution >= 0.6 is 0 Å². The van der Waals surface area contributed by atoms with Crippen molar-refractivity contribution in [2.24, 2.45) is 0 Å². The van der Waals surface area contributed by atoms with Crippen molar-refractivity contribution in [3.05, 3.63) is 35.2 Å². The summed E-state index contributed by atoms with van der Waals surface area (Å²) in [7, 11) is 0. The number of rotatable bonds is 5. The van der Waals surface area contributed by atoms with Crippen molar-refractivity contribution >= 4 is 11.6 Å². The molecule has 4 rings (SSSR count). The fourth-order valence-corrected chi connectivity index (χ4v) is 3.71. The van der Waals surface area contributed by atoms with Gasteiger partial charge < -0.3 is 14.8 Å². The molecule has 1 saturated carbocycles. The van der Waals surface area contributed by atoms with Gasteiger partial charge in [-0.25, -0.2) is 0 Å². The van der Waals surface area contributed by atoms with E-state index in [1.807, 2.05) is 36.7 Å². The summed E-state index contributed by atoms with van der Waals surface area (Å²) < 4.78 is 13.6. The van der Waals surface area contributed by atoms with E-state index in [0.717, 1.165) is 36.3 Å². The lowest BCUT2D eigenvalue weighted by Gasteiger charge is -2.22. The molecule has 1 aromatic heterocycles. The van der Waals surface area contributed by atoms with Crippen LogP contribution < -0.4 is 14.8 Å². The second-order valence-corrected chi connectivity index (χ2v) is 8.79. The van der Waals surface area contributed by atoms with Crippen molar-refractivity contribution in [1.29, 1.82) is 0 Å². The Morgan fingerprint density at radius 2 is 2.07 bits per heavy atom. The van der Waals surface area contributed by atoms with Gasteiger partial charge in [-0.2, -0.15) is 5.10 Å². The molecular formula is C22H29N3O3. The fraction of sp³-hybridized carbons (Fsp3) is 0.545. The Morgan fingerprint density at radius 3 is 2.71 bits per heavy atom. The van der Waals surface area contributed by atoms with E-state index in [-0.39, 0.29) is 17.6 Å². The van der Waals surface area contributed by atoms with E-state index in [1.165, 1.54) is 0 Å². The normalized spacial score (nSPS) is 18.5. The van der Waals surface area contributed by atoms with Crippen LogP contribution in [0.4, 0.5) is 5.69 Å². The van der Waals surface area contributed by atoms with Crippen LogP contribution in [-0.4, -0.2) is 28.4 Å². The van der Waals surface area contributed by atoms with E-state index in [0.29, 0.717) is 29.7 Å². The molecule has 28 heavy (non-hydrogen) atoms. The summed E-state index contributed by atoms with van der Waals surface area (Å²) in [4.78, 5) is 13.0. The molecule has 6 heteroatoms. The highest BCUT2D eigenvalue weighted by Gasteiger charge is 2.33. The van der Waals surface area contributed by atoms with Crippen LogP contribution in [0.2, 0.25) is 0 Å². The zero-order valence-corrected chi connectivity index (χ0v) is 17.3. The number of aromatic nitrogens is 2. The molecule has 2 heterocycles. The Bertz CT molecular complexity index is 906. The van der Waals surface area contributed by atoms with Gasteiger partial charge in [-0.15, -0.1) is 0 Å². The minimum absolute atomic E-state index is 0.138. The van der Waals surface area contributed by atoms with Crippen LogP contribution in [0, 0.1) is 0 Å². The van der Waals surface area contributed by atoms with Gasteiger partial charge in [0, 0.05) is 29.7 Å². The molecule has 2 aromatic rings. The van der Waals surface area contributed by atoms with Gasteiger partial charge in [0.1, 0.15) is 17.6 Å². The van der Waals surface area contributed by atoms with E-state index in [4.69, 9.17) is 9.47 Å². The van der Waals surface area contributed by atoms with Gasteiger partial charge in [0.05, 0.1) is 17.8 Å². The first kappa shape index (κ1) is 18.8. The van der Waals surface area contributed by atoms with Crippen LogP contribution in [0.15, 0.2) is 18.2 Å². The number of carbonyl (C=O) groups excluding carboxylic acids is 1. The van der Waals surface area contributed by atoms with Gasteiger partial charge in [-0.05, 0) is 59.6 Å². The minimum Gasteiger partial charge on any atom is -0.492 e. The molecule has 0 bridgehead atoms. The fourth-order valence-electron chi connectivity index (χ4n) is 3.71. The number of benzene rings is 1. The number of fused-ring (bicyclic) bond motifs is 1. The molecule has 1 aliphatic heterocycles. The standard InChI is InChI=1S/C22H29N3O3/c1-6-27-20-10-15-9-13(2)28-19(15)12-16(20)23-21(26)17-11-18(14-7-8-14)25(24-17)22(3,4)5/h10-14H,6-9H2,1-5H3,(H,23,26). The van der Waals surface area contributed by atoms with Crippen LogP contribution in [0.1, 0.15) is 75.1 Å². The molecule has 1 unspecified atom stereocenters. The molecule has 0 radical (unpaired) electrons. The van der Waals surface area contributed by atoms with Gasteiger partial charge in [0.2, 0.25) is 0 Å². The van der Waals surface area contributed by atoms with Crippen molar-refractivity contribution in [3.8, 4) is 11.5 Å². The zero-order chi connectivity index (χ0) is 20.1. The molecule has 1 N–H and O–H groups in total. The summed E-state index contributed by atoms with van der Waals surface area (Å²) in [5, 5.41) is 7.62. The van der Waals surface area contributed by atoms with Gasteiger partial charge >= 0.3 is 0 Å². The number of nitrogens with one attached hydrogen (secondary N) is 1. The molecule has 150 valence electrons. The molecule has 2 aliphatic rings. The zero-order valence-electron chi connectivity index (χ0n) is 17.3. The van der Waals surface area contributed by atoms with Crippen LogP contribution in [0.25, 0.3) is 0 Å².